The molecule has 7 nitrogen and oxygen atoms in total. The van der Waals surface area contributed by atoms with Gasteiger partial charge < -0.3 is 13.9 Å². The number of hydrogen-bond acceptors (Lipinski definition) is 6. The molecule has 0 saturated heterocycles. The number of fused-ring (bicyclic) bond motifs is 1. The Bertz CT molecular complexity index is 1090. The molecule has 150 valence electrons. The van der Waals surface area contributed by atoms with E-state index < -0.39 is 11.9 Å². The number of carbonyl (C=O) groups excluding carboxylic acids is 2. The lowest BCUT2D eigenvalue weighted by atomic mass is 10.2. The van der Waals surface area contributed by atoms with E-state index in [2.05, 4.69) is 63.1 Å². The number of rotatable bonds is 6. The van der Waals surface area contributed by atoms with Gasteiger partial charge in [0.1, 0.15) is 11.3 Å². The van der Waals surface area contributed by atoms with Crippen molar-refractivity contribution in [3.63, 3.8) is 0 Å². The van der Waals surface area contributed by atoms with Crippen molar-refractivity contribution in [2.45, 2.75) is 0 Å². The van der Waals surface area contributed by atoms with Crippen LogP contribution in [0.25, 0.3) is 11.0 Å². The van der Waals surface area contributed by atoms with Gasteiger partial charge in [-0.1, -0.05) is 15.9 Å². The fourth-order valence-corrected chi connectivity index (χ4v) is 4.16. The van der Waals surface area contributed by atoms with Gasteiger partial charge in [0.05, 0.1) is 22.3 Å². The van der Waals surface area contributed by atoms with E-state index in [9.17, 15) is 9.59 Å². The van der Waals surface area contributed by atoms with E-state index in [0.717, 1.165) is 9.86 Å². The highest BCUT2D eigenvalue weighted by molar-refractivity contribution is 9.11. The van der Waals surface area contributed by atoms with Gasteiger partial charge in [0, 0.05) is 9.86 Å². The van der Waals surface area contributed by atoms with Crippen LogP contribution in [-0.4, -0.2) is 31.8 Å². The van der Waals surface area contributed by atoms with Crippen LogP contribution in [0.1, 0.15) is 16.1 Å². The minimum Gasteiger partial charge on any atom is -0.480 e. The number of nitrogens with one attached hydrogen (secondary N) is 1. The molecule has 0 unspecified atom stereocenters. The van der Waals surface area contributed by atoms with Crippen molar-refractivity contribution in [1.82, 2.24) is 5.43 Å². The van der Waals surface area contributed by atoms with Gasteiger partial charge in [-0.2, -0.15) is 5.10 Å². The van der Waals surface area contributed by atoms with Crippen LogP contribution in [-0.2, 0) is 9.53 Å². The van der Waals surface area contributed by atoms with E-state index in [1.54, 1.807) is 24.3 Å². The summed E-state index contributed by atoms with van der Waals surface area (Å²) in [6.45, 7) is -0.217. The average molecular weight is 589 g/mol. The lowest BCUT2D eigenvalue weighted by molar-refractivity contribution is -0.142. The molecule has 0 bridgehead atoms. The van der Waals surface area contributed by atoms with E-state index >= 15 is 0 Å². The second-order valence-electron chi connectivity index (χ2n) is 5.67. The van der Waals surface area contributed by atoms with E-state index in [1.807, 2.05) is 12.1 Å². The molecule has 0 spiro atoms. The van der Waals surface area contributed by atoms with E-state index in [4.69, 9.17) is 9.15 Å². The molecular formula is C19H13Br3N2O5. The zero-order chi connectivity index (χ0) is 21.0. The zero-order valence-corrected chi connectivity index (χ0v) is 19.6. The Labute approximate surface area is 190 Å². The standard InChI is InChI=1S/C19H13Br3N2O5/c1-27-17(25)9-28-18-13(21)4-10(5-14(18)22)8-23-24-19(26)16-7-11-6-12(20)2-3-15(11)29-16/h2-8H,9H2,1H3,(H,24,26)/b23-8+. The maximum Gasteiger partial charge on any atom is 0.343 e. The summed E-state index contributed by atoms with van der Waals surface area (Å²) in [5.41, 5.74) is 3.72. The number of ether oxygens (including phenoxy) is 2. The van der Waals surface area contributed by atoms with Gasteiger partial charge in [-0.3, -0.25) is 4.79 Å². The van der Waals surface area contributed by atoms with Crippen molar-refractivity contribution in [2.24, 2.45) is 5.10 Å². The summed E-state index contributed by atoms with van der Waals surface area (Å²) in [4.78, 5) is 23.5. The first-order valence-electron chi connectivity index (χ1n) is 8.08. The Morgan fingerprint density at radius 3 is 2.55 bits per heavy atom. The van der Waals surface area contributed by atoms with Gasteiger partial charge in [0.15, 0.2) is 12.4 Å². The van der Waals surface area contributed by atoms with Crippen molar-refractivity contribution in [1.29, 1.82) is 0 Å². The number of furan rings is 1. The van der Waals surface area contributed by atoms with Crippen molar-refractivity contribution in [3.05, 3.63) is 61.1 Å². The molecule has 1 amide bonds. The lowest BCUT2D eigenvalue weighted by Gasteiger charge is -2.10. The Morgan fingerprint density at radius 1 is 1.14 bits per heavy atom. The van der Waals surface area contributed by atoms with Crippen molar-refractivity contribution < 1.29 is 23.5 Å². The quantitative estimate of drug-likeness (QED) is 0.248. The maximum atomic E-state index is 12.2. The molecule has 0 aliphatic rings. The van der Waals surface area contributed by atoms with Crippen molar-refractivity contribution in [2.75, 3.05) is 13.7 Å². The highest BCUT2D eigenvalue weighted by Crippen LogP contribution is 2.34. The Morgan fingerprint density at radius 2 is 1.86 bits per heavy atom. The largest absolute Gasteiger partial charge is 0.480 e. The molecule has 0 aliphatic carbocycles. The number of methoxy groups -OCH3 is 1. The third-order valence-corrected chi connectivity index (χ3v) is 5.34. The molecular weight excluding hydrogens is 576 g/mol. The molecule has 0 saturated carbocycles. The first-order chi connectivity index (χ1) is 13.9. The summed E-state index contributed by atoms with van der Waals surface area (Å²) in [5.74, 6) is -0.353. The SMILES string of the molecule is COC(=O)COc1c(Br)cc(/C=N/NC(=O)c2cc3cc(Br)ccc3o2)cc1Br. The molecule has 3 rings (SSSR count). The fourth-order valence-electron chi connectivity index (χ4n) is 2.33. The molecule has 1 heterocycles. The first-order valence-corrected chi connectivity index (χ1v) is 10.5. The van der Waals surface area contributed by atoms with Crippen LogP contribution in [0.15, 0.2) is 59.3 Å². The van der Waals surface area contributed by atoms with Crippen LogP contribution in [0.5, 0.6) is 5.75 Å². The normalized spacial score (nSPS) is 11.0. The first kappa shape index (κ1) is 21.5. The fraction of sp³-hybridized carbons (Fsp3) is 0.105. The third kappa shape index (κ3) is 5.46. The number of hydrazone groups is 1. The highest BCUT2D eigenvalue weighted by Gasteiger charge is 2.13. The molecule has 0 aliphatic heterocycles. The number of nitrogens with zero attached hydrogens (tertiary/aromatic N) is 1. The third-order valence-electron chi connectivity index (χ3n) is 3.66. The maximum absolute atomic E-state index is 12.2. The predicted octanol–water partition coefficient (Wildman–Crippen LogP) is 5.04. The number of amides is 1. The molecule has 1 N–H and O–H groups in total. The second-order valence-corrected chi connectivity index (χ2v) is 8.29. The molecule has 10 heteroatoms. The molecule has 29 heavy (non-hydrogen) atoms. The summed E-state index contributed by atoms with van der Waals surface area (Å²) in [5, 5.41) is 4.76. The van der Waals surface area contributed by atoms with Crippen LogP contribution in [0.3, 0.4) is 0 Å². The van der Waals surface area contributed by atoms with Gasteiger partial charge in [0.25, 0.3) is 0 Å². The number of benzene rings is 2. The average Bonchev–Trinajstić information content (AvgIpc) is 3.10. The Hall–Kier alpha value is -2.17. The van der Waals surface area contributed by atoms with Crippen LogP contribution in [0, 0.1) is 0 Å². The second kappa shape index (κ2) is 9.55. The summed E-state index contributed by atoms with van der Waals surface area (Å²) in [7, 11) is 1.29. The minimum absolute atomic E-state index is 0.157. The van der Waals surface area contributed by atoms with E-state index in [-0.39, 0.29) is 12.4 Å². The number of halogens is 3. The van der Waals surface area contributed by atoms with Gasteiger partial charge in [-0.15, -0.1) is 0 Å². The smallest absolute Gasteiger partial charge is 0.343 e. The number of carbonyl (C=O) groups is 2. The summed E-state index contributed by atoms with van der Waals surface area (Å²) in [6.07, 6.45) is 1.47. The summed E-state index contributed by atoms with van der Waals surface area (Å²) in [6, 6.07) is 10.6. The highest BCUT2D eigenvalue weighted by atomic mass is 79.9. The van der Waals surface area contributed by atoms with Crippen LogP contribution < -0.4 is 10.2 Å². The van der Waals surface area contributed by atoms with Crippen molar-refractivity contribution >= 4 is 76.9 Å². The van der Waals surface area contributed by atoms with Crippen molar-refractivity contribution in [3.8, 4) is 5.75 Å². The lowest BCUT2D eigenvalue weighted by Crippen LogP contribution is -2.16. The van der Waals surface area contributed by atoms with Gasteiger partial charge >= 0.3 is 11.9 Å². The van der Waals surface area contributed by atoms with Gasteiger partial charge in [-0.25, -0.2) is 10.2 Å². The molecule has 2 aromatic carbocycles. The minimum atomic E-state index is -0.491. The molecule has 0 fully saturated rings. The summed E-state index contributed by atoms with van der Waals surface area (Å²) < 4.78 is 17.6. The topological polar surface area (TPSA) is 90.1 Å². The monoisotopic (exact) mass is 586 g/mol. The van der Waals surface area contributed by atoms with Gasteiger partial charge in [0.2, 0.25) is 0 Å². The molecule has 0 radical (unpaired) electrons. The predicted molar refractivity (Wildman–Crippen MR) is 118 cm³/mol. The van der Waals surface area contributed by atoms with Crippen LogP contribution in [0.4, 0.5) is 0 Å². The Balaban J connectivity index is 1.67. The molecule has 3 aromatic rings. The van der Waals surface area contributed by atoms with E-state index in [0.29, 0.717) is 25.8 Å². The number of esters is 1. The number of hydrogen-bond donors (Lipinski definition) is 1. The van der Waals surface area contributed by atoms with Gasteiger partial charge in [-0.05, 0) is 73.8 Å². The molecule has 1 aromatic heterocycles. The van der Waals surface area contributed by atoms with E-state index in [1.165, 1.54) is 13.3 Å². The summed E-state index contributed by atoms with van der Waals surface area (Å²) >= 11 is 10.1. The zero-order valence-electron chi connectivity index (χ0n) is 14.9. The van der Waals surface area contributed by atoms with Crippen LogP contribution in [0.2, 0.25) is 0 Å². The van der Waals surface area contributed by atoms with Crippen LogP contribution >= 0.6 is 47.8 Å². The molecule has 0 atom stereocenters. The Kier molecular flexibility index (Phi) is 7.09.